The van der Waals surface area contributed by atoms with Crippen LogP contribution in [0.4, 0.5) is 0 Å². The molecule has 3 aliphatic heterocycles. The molecule has 2 fully saturated rings. The average molecular weight is 155 g/mol. The first-order valence-corrected chi connectivity index (χ1v) is 3.30. The smallest absolute Gasteiger partial charge is 0.264 e. The molecule has 2 unspecified atom stereocenters. The lowest BCUT2D eigenvalue weighted by Gasteiger charge is -2.05. The lowest BCUT2D eigenvalue weighted by Crippen LogP contribution is -2.22. The number of fused-ring (bicyclic) bond motifs is 5. The van der Waals surface area contributed by atoms with Gasteiger partial charge in [-0.25, -0.2) is 0 Å². The number of ether oxygens (including phenoxy) is 3. The molecule has 5 nitrogen and oxygen atoms in total. The topological polar surface area (TPSA) is 49.3 Å². The predicted molar refractivity (Wildman–Crippen MR) is 32.3 cm³/mol. The van der Waals surface area contributed by atoms with Crippen LogP contribution in [-0.4, -0.2) is 24.9 Å². The van der Waals surface area contributed by atoms with Gasteiger partial charge in [-0.1, -0.05) is 0 Å². The molecule has 0 aromatic carbocycles. The zero-order valence-corrected chi connectivity index (χ0v) is 5.52. The molecule has 5 heteroatoms. The van der Waals surface area contributed by atoms with Crippen LogP contribution >= 0.6 is 0 Å². The summed E-state index contributed by atoms with van der Waals surface area (Å²) in [6.07, 6.45) is 1.10. The molecule has 0 saturated carbocycles. The van der Waals surface area contributed by atoms with Crippen molar-refractivity contribution in [1.82, 2.24) is 0 Å². The summed E-state index contributed by atoms with van der Waals surface area (Å²) in [5.41, 5.74) is 0. The van der Waals surface area contributed by atoms with Gasteiger partial charge in [0.15, 0.2) is 24.2 Å². The Morgan fingerprint density at radius 3 is 3.27 bits per heavy atom. The van der Waals surface area contributed by atoms with Crippen LogP contribution in [-0.2, 0) is 19.0 Å². The number of nitrogens with zero attached hydrogens (tertiary/aromatic N) is 1. The Hall–Kier alpha value is -1.07. The van der Waals surface area contributed by atoms with E-state index in [2.05, 4.69) is 5.16 Å². The summed E-state index contributed by atoms with van der Waals surface area (Å²) >= 11 is 0. The lowest BCUT2D eigenvalue weighted by atomic mass is 10.2. The van der Waals surface area contributed by atoms with Crippen LogP contribution in [0, 0.1) is 0 Å². The third-order valence-electron chi connectivity index (χ3n) is 1.83. The highest BCUT2D eigenvalue weighted by Crippen LogP contribution is 2.32. The highest BCUT2D eigenvalue weighted by Gasteiger charge is 2.47. The summed E-state index contributed by atoms with van der Waals surface area (Å²) in [5, 5.41) is 3.65. The fraction of sp³-hybridized carbons (Fsp3) is 0.500. The van der Waals surface area contributed by atoms with Crippen molar-refractivity contribution < 1.29 is 19.0 Å². The van der Waals surface area contributed by atoms with Crippen molar-refractivity contribution in [3.05, 3.63) is 12.0 Å². The van der Waals surface area contributed by atoms with E-state index in [1.165, 1.54) is 6.26 Å². The summed E-state index contributed by atoms with van der Waals surface area (Å²) in [5.74, 6) is 1.11. The van der Waals surface area contributed by atoms with Crippen molar-refractivity contribution in [3.63, 3.8) is 0 Å². The van der Waals surface area contributed by atoms with E-state index in [-0.39, 0.29) is 12.2 Å². The van der Waals surface area contributed by atoms with Crippen molar-refractivity contribution in [3.8, 4) is 0 Å². The lowest BCUT2D eigenvalue weighted by molar-refractivity contribution is 0.0290. The van der Waals surface area contributed by atoms with Gasteiger partial charge in [0.05, 0.1) is 0 Å². The fourth-order valence-electron chi connectivity index (χ4n) is 1.32. The van der Waals surface area contributed by atoms with E-state index in [4.69, 9.17) is 19.0 Å². The first kappa shape index (κ1) is 5.56. The zero-order valence-electron chi connectivity index (χ0n) is 5.52. The van der Waals surface area contributed by atoms with Gasteiger partial charge in [-0.15, -0.1) is 0 Å². The first-order chi connectivity index (χ1) is 5.45. The van der Waals surface area contributed by atoms with Gasteiger partial charge in [-0.2, -0.15) is 0 Å². The maximum absolute atomic E-state index is 5.21. The Labute approximate surface area is 62.2 Å². The second kappa shape index (κ2) is 1.75. The zero-order chi connectivity index (χ0) is 7.26. The minimum Gasteiger partial charge on any atom is -0.436 e. The van der Waals surface area contributed by atoms with Crippen LogP contribution in [0.3, 0.4) is 0 Å². The normalized spacial score (nSPS) is 38.5. The molecule has 0 spiro atoms. The standard InChI is InChI=1S/C6H5NO4/c1-3-4-5(9-2-8-4)6(11-3)7-10-1/h1,4-5H,2H2. The summed E-state index contributed by atoms with van der Waals surface area (Å²) in [6.45, 7) is 0.301. The van der Waals surface area contributed by atoms with E-state index < -0.39 is 0 Å². The van der Waals surface area contributed by atoms with E-state index in [1.807, 2.05) is 0 Å². The first-order valence-electron chi connectivity index (χ1n) is 3.30. The number of hydrogen-bond donors (Lipinski definition) is 0. The third kappa shape index (κ3) is 0.591. The minimum atomic E-state index is -0.191. The molecule has 2 atom stereocenters. The van der Waals surface area contributed by atoms with Gasteiger partial charge in [-0.05, 0) is 5.16 Å². The van der Waals surface area contributed by atoms with E-state index >= 15 is 0 Å². The highest BCUT2D eigenvalue weighted by atomic mass is 16.8. The SMILES string of the molecule is C1=C2OC(=NO1)C1OCOC21. The Balaban J connectivity index is 2.07. The third-order valence-corrected chi connectivity index (χ3v) is 1.83. The molecule has 58 valence electrons. The maximum atomic E-state index is 5.21. The second-order valence-electron chi connectivity index (χ2n) is 2.45. The van der Waals surface area contributed by atoms with Gasteiger partial charge in [0.2, 0.25) is 0 Å². The molecule has 0 N–H and O–H groups in total. The molecule has 3 heterocycles. The molecule has 0 aliphatic carbocycles. The molecule has 3 rings (SSSR count). The molecule has 0 aromatic rings. The summed E-state index contributed by atoms with van der Waals surface area (Å²) in [6, 6.07) is 0. The molecular weight excluding hydrogens is 150 g/mol. The van der Waals surface area contributed by atoms with E-state index in [9.17, 15) is 0 Å². The van der Waals surface area contributed by atoms with Crippen LogP contribution < -0.4 is 0 Å². The molecule has 2 saturated heterocycles. The number of hydrogen-bond acceptors (Lipinski definition) is 5. The van der Waals surface area contributed by atoms with Crippen LogP contribution in [0.2, 0.25) is 0 Å². The predicted octanol–water partition coefficient (Wildman–Crippen LogP) is -0.0568. The van der Waals surface area contributed by atoms with Crippen molar-refractivity contribution in [2.24, 2.45) is 5.16 Å². The molecule has 0 aromatic heterocycles. The van der Waals surface area contributed by atoms with Crippen molar-refractivity contribution >= 4 is 5.90 Å². The fourth-order valence-corrected chi connectivity index (χ4v) is 1.32. The van der Waals surface area contributed by atoms with Crippen molar-refractivity contribution in [2.45, 2.75) is 12.2 Å². The molecule has 3 aliphatic rings. The quantitative estimate of drug-likeness (QED) is 0.491. The molecule has 11 heavy (non-hydrogen) atoms. The molecular formula is C6H5NO4. The van der Waals surface area contributed by atoms with Gasteiger partial charge < -0.3 is 19.0 Å². The van der Waals surface area contributed by atoms with Crippen LogP contribution in [0.5, 0.6) is 0 Å². The van der Waals surface area contributed by atoms with Crippen molar-refractivity contribution in [1.29, 1.82) is 0 Å². The Morgan fingerprint density at radius 1 is 1.36 bits per heavy atom. The van der Waals surface area contributed by atoms with E-state index in [0.717, 1.165) is 0 Å². The number of rotatable bonds is 0. The summed E-state index contributed by atoms with van der Waals surface area (Å²) in [7, 11) is 0. The maximum Gasteiger partial charge on any atom is 0.264 e. The minimum absolute atomic E-state index is 0.142. The Kier molecular flexibility index (Phi) is 0.884. The Morgan fingerprint density at radius 2 is 2.27 bits per heavy atom. The number of oxime groups is 1. The van der Waals surface area contributed by atoms with Gasteiger partial charge in [0.25, 0.3) is 5.90 Å². The largest absolute Gasteiger partial charge is 0.436 e. The van der Waals surface area contributed by atoms with Crippen LogP contribution in [0.1, 0.15) is 0 Å². The van der Waals surface area contributed by atoms with Crippen molar-refractivity contribution in [2.75, 3.05) is 6.79 Å². The average Bonchev–Trinajstić information content (AvgIpc) is 2.58. The van der Waals surface area contributed by atoms with Gasteiger partial charge in [0.1, 0.15) is 6.79 Å². The van der Waals surface area contributed by atoms with Gasteiger partial charge in [-0.3, -0.25) is 0 Å². The molecule has 2 bridgehead atoms. The van der Waals surface area contributed by atoms with E-state index in [1.54, 1.807) is 0 Å². The summed E-state index contributed by atoms with van der Waals surface area (Å²) in [4.78, 5) is 4.73. The van der Waals surface area contributed by atoms with Gasteiger partial charge in [0, 0.05) is 0 Å². The Bertz CT molecular complexity index is 235. The monoisotopic (exact) mass is 155 g/mol. The second-order valence-corrected chi connectivity index (χ2v) is 2.45. The highest BCUT2D eigenvalue weighted by molar-refractivity contribution is 5.86. The van der Waals surface area contributed by atoms with Crippen LogP contribution in [0.15, 0.2) is 17.2 Å². The molecule has 0 radical (unpaired) electrons. The van der Waals surface area contributed by atoms with Crippen LogP contribution in [0.25, 0.3) is 0 Å². The van der Waals surface area contributed by atoms with E-state index in [0.29, 0.717) is 18.4 Å². The molecule has 0 amide bonds. The summed E-state index contributed by atoms with van der Waals surface area (Å²) < 4.78 is 15.6. The van der Waals surface area contributed by atoms with Gasteiger partial charge >= 0.3 is 0 Å².